The molecule has 1 heteroatoms. The van der Waals surface area contributed by atoms with E-state index in [0.717, 1.165) is 19.3 Å². The fourth-order valence-electron chi connectivity index (χ4n) is 2.22. The second kappa shape index (κ2) is 2.46. The highest BCUT2D eigenvalue weighted by atomic mass is 16.3. The standard InChI is InChI=1S/C11H16O/c1-11(2)7-8-5-3-4-6-9(8)10(11)12/h5-6,10,12H,3-4,7H2,1-2H3. The van der Waals surface area contributed by atoms with Crippen LogP contribution in [0.5, 0.6) is 0 Å². The van der Waals surface area contributed by atoms with Gasteiger partial charge >= 0.3 is 0 Å². The van der Waals surface area contributed by atoms with Gasteiger partial charge in [0.05, 0.1) is 6.10 Å². The van der Waals surface area contributed by atoms with Gasteiger partial charge in [0.1, 0.15) is 0 Å². The summed E-state index contributed by atoms with van der Waals surface area (Å²) in [5.41, 5.74) is 2.65. The van der Waals surface area contributed by atoms with E-state index < -0.39 is 0 Å². The predicted octanol–water partition coefficient (Wildman–Crippen LogP) is 2.42. The summed E-state index contributed by atoms with van der Waals surface area (Å²) in [6.45, 7) is 4.27. The molecule has 0 bridgehead atoms. The van der Waals surface area contributed by atoms with Crippen molar-refractivity contribution in [2.45, 2.75) is 39.2 Å². The summed E-state index contributed by atoms with van der Waals surface area (Å²) in [4.78, 5) is 0. The highest BCUT2D eigenvalue weighted by molar-refractivity contribution is 5.43. The molecule has 1 nitrogen and oxygen atoms in total. The van der Waals surface area contributed by atoms with Crippen molar-refractivity contribution in [2.24, 2.45) is 5.41 Å². The molecule has 1 N–H and O–H groups in total. The van der Waals surface area contributed by atoms with Crippen molar-refractivity contribution < 1.29 is 5.11 Å². The summed E-state index contributed by atoms with van der Waals surface area (Å²) in [6.07, 6.45) is 7.56. The Kier molecular flexibility index (Phi) is 1.65. The Morgan fingerprint density at radius 1 is 1.33 bits per heavy atom. The maximum absolute atomic E-state index is 9.94. The molecular weight excluding hydrogens is 148 g/mol. The molecule has 1 fully saturated rings. The summed E-state index contributed by atoms with van der Waals surface area (Å²) < 4.78 is 0. The van der Waals surface area contributed by atoms with Crippen LogP contribution in [0.2, 0.25) is 0 Å². The SMILES string of the molecule is CC1(C)CC2=CCCC=C2C1O. The maximum Gasteiger partial charge on any atom is 0.0843 e. The van der Waals surface area contributed by atoms with Crippen molar-refractivity contribution in [1.82, 2.24) is 0 Å². The number of allylic oxidation sites excluding steroid dienone is 2. The molecule has 66 valence electrons. The minimum atomic E-state index is -0.232. The first-order chi connectivity index (χ1) is 5.61. The van der Waals surface area contributed by atoms with Gasteiger partial charge in [-0.2, -0.15) is 0 Å². The third-order valence-electron chi connectivity index (χ3n) is 2.97. The summed E-state index contributed by atoms with van der Waals surface area (Å²) in [7, 11) is 0. The number of hydrogen-bond donors (Lipinski definition) is 1. The second-order valence-corrected chi connectivity index (χ2v) is 4.53. The summed E-state index contributed by atoms with van der Waals surface area (Å²) in [6, 6.07) is 0. The first-order valence-electron chi connectivity index (χ1n) is 4.69. The molecular formula is C11H16O. The molecule has 0 heterocycles. The van der Waals surface area contributed by atoms with Gasteiger partial charge in [0.2, 0.25) is 0 Å². The van der Waals surface area contributed by atoms with E-state index in [0.29, 0.717) is 0 Å². The van der Waals surface area contributed by atoms with E-state index >= 15 is 0 Å². The van der Waals surface area contributed by atoms with Gasteiger partial charge in [0.25, 0.3) is 0 Å². The fraction of sp³-hybridized carbons (Fsp3) is 0.636. The predicted molar refractivity (Wildman–Crippen MR) is 49.8 cm³/mol. The van der Waals surface area contributed by atoms with Gasteiger partial charge in [-0.05, 0) is 35.8 Å². The number of rotatable bonds is 0. The normalized spacial score (nSPS) is 32.4. The highest BCUT2D eigenvalue weighted by Gasteiger charge is 2.40. The first kappa shape index (κ1) is 8.06. The molecule has 0 aliphatic heterocycles. The summed E-state index contributed by atoms with van der Waals surface area (Å²) in [5, 5.41) is 9.94. The van der Waals surface area contributed by atoms with E-state index in [9.17, 15) is 5.11 Å². The number of fused-ring (bicyclic) bond motifs is 1. The van der Waals surface area contributed by atoms with Gasteiger partial charge in [-0.25, -0.2) is 0 Å². The van der Waals surface area contributed by atoms with E-state index in [-0.39, 0.29) is 11.5 Å². The molecule has 1 atom stereocenters. The zero-order valence-electron chi connectivity index (χ0n) is 7.80. The molecule has 0 aromatic carbocycles. The van der Waals surface area contributed by atoms with Crippen LogP contribution in [0.4, 0.5) is 0 Å². The summed E-state index contributed by atoms with van der Waals surface area (Å²) in [5.74, 6) is 0. The molecule has 1 unspecified atom stereocenters. The van der Waals surface area contributed by atoms with Crippen molar-refractivity contribution in [3.05, 3.63) is 23.3 Å². The van der Waals surface area contributed by atoms with Gasteiger partial charge in [-0.3, -0.25) is 0 Å². The van der Waals surface area contributed by atoms with Crippen molar-refractivity contribution in [3.8, 4) is 0 Å². The summed E-state index contributed by atoms with van der Waals surface area (Å²) >= 11 is 0. The fourth-order valence-corrected chi connectivity index (χ4v) is 2.22. The van der Waals surface area contributed by atoms with E-state index in [1.165, 1.54) is 11.1 Å². The molecule has 12 heavy (non-hydrogen) atoms. The van der Waals surface area contributed by atoms with Crippen molar-refractivity contribution in [2.75, 3.05) is 0 Å². The molecule has 2 aliphatic rings. The zero-order chi connectivity index (χ0) is 8.77. The minimum absolute atomic E-state index is 0.0575. The molecule has 1 saturated carbocycles. The van der Waals surface area contributed by atoms with Gasteiger partial charge in [0, 0.05) is 0 Å². The van der Waals surface area contributed by atoms with E-state index in [1.807, 2.05) is 0 Å². The largest absolute Gasteiger partial charge is 0.388 e. The quantitative estimate of drug-likeness (QED) is 0.583. The Labute approximate surface area is 73.8 Å². The van der Waals surface area contributed by atoms with Crippen molar-refractivity contribution >= 4 is 0 Å². The number of aliphatic hydroxyl groups is 1. The molecule has 2 rings (SSSR count). The van der Waals surface area contributed by atoms with Crippen LogP contribution < -0.4 is 0 Å². The number of aliphatic hydroxyl groups excluding tert-OH is 1. The Morgan fingerprint density at radius 3 is 2.67 bits per heavy atom. The lowest BCUT2D eigenvalue weighted by atomic mass is 9.89. The Morgan fingerprint density at radius 2 is 2.00 bits per heavy atom. The van der Waals surface area contributed by atoms with Crippen LogP contribution >= 0.6 is 0 Å². The Hall–Kier alpha value is -0.560. The molecule has 2 aliphatic carbocycles. The molecule has 0 aromatic rings. The monoisotopic (exact) mass is 164 g/mol. The molecule has 0 spiro atoms. The lowest BCUT2D eigenvalue weighted by molar-refractivity contribution is 0.105. The van der Waals surface area contributed by atoms with Crippen LogP contribution in [0.25, 0.3) is 0 Å². The van der Waals surface area contributed by atoms with E-state index in [4.69, 9.17) is 0 Å². The smallest absolute Gasteiger partial charge is 0.0843 e. The van der Waals surface area contributed by atoms with Crippen LogP contribution in [-0.4, -0.2) is 11.2 Å². The third-order valence-corrected chi connectivity index (χ3v) is 2.97. The third kappa shape index (κ3) is 1.04. The van der Waals surface area contributed by atoms with Crippen LogP contribution in [0.15, 0.2) is 23.3 Å². The van der Waals surface area contributed by atoms with Crippen LogP contribution in [0, 0.1) is 5.41 Å². The van der Waals surface area contributed by atoms with Crippen molar-refractivity contribution in [3.63, 3.8) is 0 Å². The van der Waals surface area contributed by atoms with Crippen LogP contribution in [0.1, 0.15) is 33.1 Å². The first-order valence-corrected chi connectivity index (χ1v) is 4.69. The van der Waals surface area contributed by atoms with Gasteiger partial charge in [-0.15, -0.1) is 0 Å². The lowest BCUT2D eigenvalue weighted by Gasteiger charge is -2.21. The van der Waals surface area contributed by atoms with E-state index in [2.05, 4.69) is 26.0 Å². The average Bonchev–Trinajstić information content (AvgIpc) is 2.24. The topological polar surface area (TPSA) is 20.2 Å². The molecule has 0 saturated heterocycles. The van der Waals surface area contributed by atoms with E-state index in [1.54, 1.807) is 0 Å². The molecule has 0 aromatic heterocycles. The molecule has 0 radical (unpaired) electrons. The van der Waals surface area contributed by atoms with Crippen molar-refractivity contribution in [1.29, 1.82) is 0 Å². The van der Waals surface area contributed by atoms with Gasteiger partial charge in [0.15, 0.2) is 0 Å². The van der Waals surface area contributed by atoms with Crippen LogP contribution in [-0.2, 0) is 0 Å². The molecule has 0 amide bonds. The maximum atomic E-state index is 9.94. The number of hydrogen-bond acceptors (Lipinski definition) is 1. The minimum Gasteiger partial charge on any atom is -0.388 e. The zero-order valence-corrected chi connectivity index (χ0v) is 7.80. The Balaban J connectivity index is 2.37. The lowest BCUT2D eigenvalue weighted by Crippen LogP contribution is -2.23. The average molecular weight is 164 g/mol. The second-order valence-electron chi connectivity index (χ2n) is 4.53. The van der Waals surface area contributed by atoms with Crippen LogP contribution in [0.3, 0.4) is 0 Å². The van der Waals surface area contributed by atoms with Gasteiger partial charge < -0.3 is 5.11 Å². The Bertz CT molecular complexity index is 258. The highest BCUT2D eigenvalue weighted by Crippen LogP contribution is 2.46. The van der Waals surface area contributed by atoms with Gasteiger partial charge in [-0.1, -0.05) is 26.0 Å².